The van der Waals surface area contributed by atoms with Gasteiger partial charge in [0.25, 0.3) is 0 Å². The molecule has 0 radical (unpaired) electrons. The molecule has 0 saturated carbocycles. The molecule has 1 aromatic carbocycles. The van der Waals surface area contributed by atoms with Crippen LogP contribution in [0.1, 0.15) is 17.5 Å². The standard InChI is InChI=1S/C15H18F3N3O/c1-20(11-14(22)21(2)9-3-8-19)10-12-4-6-13(7-5-12)15(16,17)18/h4-7H,3,9-11H2,1-2H3. The fraction of sp³-hybridized carbons (Fsp3) is 0.467. The maximum Gasteiger partial charge on any atom is 0.416 e. The summed E-state index contributed by atoms with van der Waals surface area (Å²) in [5, 5.41) is 8.47. The van der Waals surface area contributed by atoms with Crippen molar-refractivity contribution < 1.29 is 18.0 Å². The van der Waals surface area contributed by atoms with Gasteiger partial charge in [0.15, 0.2) is 0 Å². The van der Waals surface area contributed by atoms with E-state index in [4.69, 9.17) is 5.26 Å². The third kappa shape index (κ3) is 5.74. The molecule has 22 heavy (non-hydrogen) atoms. The zero-order valence-electron chi connectivity index (χ0n) is 12.5. The lowest BCUT2D eigenvalue weighted by molar-refractivity contribution is -0.137. The van der Waals surface area contributed by atoms with E-state index in [1.54, 1.807) is 19.0 Å². The molecule has 7 heteroatoms. The number of hydrogen-bond acceptors (Lipinski definition) is 3. The average Bonchev–Trinajstić information content (AvgIpc) is 2.44. The molecule has 120 valence electrons. The summed E-state index contributed by atoms with van der Waals surface area (Å²) in [6.45, 7) is 0.877. The maximum absolute atomic E-state index is 12.5. The van der Waals surface area contributed by atoms with Gasteiger partial charge in [-0.2, -0.15) is 18.4 Å². The highest BCUT2D eigenvalue weighted by Gasteiger charge is 2.29. The monoisotopic (exact) mass is 313 g/mol. The van der Waals surface area contributed by atoms with E-state index in [-0.39, 0.29) is 18.9 Å². The number of hydrogen-bond donors (Lipinski definition) is 0. The fourth-order valence-electron chi connectivity index (χ4n) is 1.86. The quantitative estimate of drug-likeness (QED) is 0.811. The van der Waals surface area contributed by atoms with Gasteiger partial charge in [0.05, 0.1) is 24.6 Å². The highest BCUT2D eigenvalue weighted by atomic mass is 19.4. The van der Waals surface area contributed by atoms with Gasteiger partial charge in [-0.15, -0.1) is 0 Å². The molecular formula is C15H18F3N3O. The zero-order valence-corrected chi connectivity index (χ0v) is 12.5. The number of alkyl halides is 3. The van der Waals surface area contributed by atoms with Crippen LogP contribution in [0.4, 0.5) is 13.2 Å². The number of halogens is 3. The van der Waals surface area contributed by atoms with Gasteiger partial charge in [-0.05, 0) is 24.7 Å². The van der Waals surface area contributed by atoms with Crippen molar-refractivity contribution >= 4 is 5.91 Å². The Morgan fingerprint density at radius 2 is 1.82 bits per heavy atom. The summed E-state index contributed by atoms with van der Waals surface area (Å²) in [7, 11) is 3.33. The topological polar surface area (TPSA) is 47.3 Å². The first-order chi connectivity index (χ1) is 10.2. The SMILES string of the molecule is CN(CC(=O)N(C)CCC#N)Cc1ccc(C(F)(F)F)cc1. The Balaban J connectivity index is 2.53. The molecule has 4 nitrogen and oxygen atoms in total. The van der Waals surface area contributed by atoms with Gasteiger partial charge in [-0.25, -0.2) is 0 Å². The molecule has 1 amide bonds. The predicted octanol–water partition coefficient (Wildman–Crippen LogP) is 2.51. The Kier molecular flexibility index (Phi) is 6.38. The fourth-order valence-corrected chi connectivity index (χ4v) is 1.86. The number of carbonyl (C=O) groups is 1. The van der Waals surface area contributed by atoms with Crippen LogP contribution in [-0.4, -0.2) is 42.9 Å². The lowest BCUT2D eigenvalue weighted by atomic mass is 10.1. The number of benzene rings is 1. The third-order valence-corrected chi connectivity index (χ3v) is 3.12. The summed E-state index contributed by atoms with van der Waals surface area (Å²) >= 11 is 0. The first-order valence-corrected chi connectivity index (χ1v) is 6.69. The van der Waals surface area contributed by atoms with Gasteiger partial charge in [0, 0.05) is 20.1 Å². The van der Waals surface area contributed by atoms with Crippen LogP contribution in [0.25, 0.3) is 0 Å². The summed E-state index contributed by atoms with van der Waals surface area (Å²) in [4.78, 5) is 15.0. The molecule has 0 spiro atoms. The average molecular weight is 313 g/mol. The lowest BCUT2D eigenvalue weighted by Gasteiger charge is -2.21. The van der Waals surface area contributed by atoms with Crippen molar-refractivity contribution in [2.75, 3.05) is 27.2 Å². The van der Waals surface area contributed by atoms with E-state index in [0.717, 1.165) is 12.1 Å². The minimum absolute atomic E-state index is 0.135. The molecule has 0 bridgehead atoms. The molecule has 0 aliphatic carbocycles. The molecule has 0 aliphatic rings. The molecule has 0 unspecified atom stereocenters. The Labute approximate surface area is 127 Å². The number of nitrogens with zero attached hydrogens (tertiary/aromatic N) is 3. The minimum Gasteiger partial charge on any atom is -0.344 e. The normalized spacial score (nSPS) is 11.3. The molecule has 0 aliphatic heterocycles. The van der Waals surface area contributed by atoms with Gasteiger partial charge in [-0.3, -0.25) is 9.69 Å². The summed E-state index contributed by atoms with van der Waals surface area (Å²) in [6, 6.07) is 6.84. The lowest BCUT2D eigenvalue weighted by Crippen LogP contribution is -2.36. The molecule has 1 rings (SSSR count). The molecular weight excluding hydrogens is 295 g/mol. The van der Waals surface area contributed by atoms with E-state index >= 15 is 0 Å². The Morgan fingerprint density at radius 1 is 1.23 bits per heavy atom. The Hall–Kier alpha value is -2.07. The zero-order chi connectivity index (χ0) is 16.8. The second-order valence-electron chi connectivity index (χ2n) is 5.09. The number of nitriles is 1. The third-order valence-electron chi connectivity index (χ3n) is 3.12. The van der Waals surface area contributed by atoms with E-state index < -0.39 is 11.7 Å². The van der Waals surface area contributed by atoms with Crippen molar-refractivity contribution in [2.24, 2.45) is 0 Å². The molecule has 0 N–H and O–H groups in total. The van der Waals surface area contributed by atoms with Gasteiger partial charge >= 0.3 is 6.18 Å². The van der Waals surface area contributed by atoms with Crippen LogP contribution in [0.2, 0.25) is 0 Å². The van der Waals surface area contributed by atoms with Crippen LogP contribution < -0.4 is 0 Å². The number of carbonyl (C=O) groups excluding carboxylic acids is 1. The Bertz CT molecular complexity index is 534. The van der Waals surface area contributed by atoms with E-state index in [9.17, 15) is 18.0 Å². The van der Waals surface area contributed by atoms with Gasteiger partial charge in [0.1, 0.15) is 0 Å². The first kappa shape index (κ1) is 18.0. The second-order valence-corrected chi connectivity index (χ2v) is 5.09. The first-order valence-electron chi connectivity index (χ1n) is 6.69. The van der Waals surface area contributed by atoms with E-state index in [1.807, 2.05) is 6.07 Å². The predicted molar refractivity (Wildman–Crippen MR) is 75.6 cm³/mol. The van der Waals surface area contributed by atoms with Gasteiger partial charge < -0.3 is 4.90 Å². The number of amides is 1. The summed E-state index contributed by atoms with van der Waals surface area (Å²) in [6.07, 6.45) is -4.07. The van der Waals surface area contributed by atoms with Crippen LogP contribution in [0.5, 0.6) is 0 Å². The van der Waals surface area contributed by atoms with Crippen LogP contribution >= 0.6 is 0 Å². The smallest absolute Gasteiger partial charge is 0.344 e. The second kappa shape index (κ2) is 7.80. The number of likely N-dealkylation sites (N-methyl/N-ethyl adjacent to an activating group) is 2. The van der Waals surface area contributed by atoms with Crippen molar-refractivity contribution in [1.29, 1.82) is 5.26 Å². The van der Waals surface area contributed by atoms with Crippen LogP contribution in [0.15, 0.2) is 24.3 Å². The number of rotatable bonds is 6. The largest absolute Gasteiger partial charge is 0.416 e. The van der Waals surface area contributed by atoms with Gasteiger partial charge in [0.2, 0.25) is 5.91 Å². The van der Waals surface area contributed by atoms with Crippen molar-refractivity contribution in [2.45, 2.75) is 19.1 Å². The summed E-state index contributed by atoms with van der Waals surface area (Å²) in [5.41, 5.74) is 0.00851. The van der Waals surface area contributed by atoms with Crippen LogP contribution in [-0.2, 0) is 17.5 Å². The molecule has 0 fully saturated rings. The van der Waals surface area contributed by atoms with Crippen molar-refractivity contribution in [3.8, 4) is 6.07 Å². The van der Waals surface area contributed by atoms with Gasteiger partial charge in [-0.1, -0.05) is 12.1 Å². The van der Waals surface area contributed by atoms with E-state index in [1.165, 1.54) is 17.0 Å². The van der Waals surface area contributed by atoms with Crippen molar-refractivity contribution in [3.05, 3.63) is 35.4 Å². The molecule has 0 atom stereocenters. The molecule has 0 aromatic heterocycles. The summed E-state index contributed by atoms with van der Waals surface area (Å²) in [5.74, 6) is -0.135. The van der Waals surface area contributed by atoms with E-state index in [0.29, 0.717) is 18.7 Å². The maximum atomic E-state index is 12.5. The summed E-state index contributed by atoms with van der Waals surface area (Å²) < 4.78 is 37.4. The van der Waals surface area contributed by atoms with Crippen LogP contribution in [0.3, 0.4) is 0 Å². The molecule has 0 heterocycles. The molecule has 1 aromatic rings. The van der Waals surface area contributed by atoms with Crippen LogP contribution in [0, 0.1) is 11.3 Å². The van der Waals surface area contributed by atoms with Crippen molar-refractivity contribution in [1.82, 2.24) is 9.80 Å². The van der Waals surface area contributed by atoms with Crippen molar-refractivity contribution in [3.63, 3.8) is 0 Å². The Morgan fingerprint density at radius 3 is 2.32 bits per heavy atom. The highest BCUT2D eigenvalue weighted by molar-refractivity contribution is 5.77. The minimum atomic E-state index is -4.34. The van der Waals surface area contributed by atoms with E-state index in [2.05, 4.69) is 0 Å². The highest BCUT2D eigenvalue weighted by Crippen LogP contribution is 2.29. The molecule has 0 saturated heterocycles.